The lowest BCUT2D eigenvalue weighted by molar-refractivity contribution is 0.703. The van der Waals surface area contributed by atoms with Crippen molar-refractivity contribution < 1.29 is 0 Å². The maximum Gasteiger partial charge on any atom is 0.345 e. The van der Waals surface area contributed by atoms with Crippen LogP contribution in [0.2, 0.25) is 0 Å². The Morgan fingerprint density at radius 2 is 2.33 bits per heavy atom. The van der Waals surface area contributed by atoms with Gasteiger partial charge in [-0.2, -0.15) is 0 Å². The molecule has 0 spiro atoms. The Bertz CT molecular complexity index is 280. The fourth-order valence-electron chi connectivity index (χ4n) is 1.12. The van der Waals surface area contributed by atoms with Crippen LogP contribution in [0.15, 0.2) is 17.1 Å². The van der Waals surface area contributed by atoms with Crippen LogP contribution >= 0.6 is 0 Å². The number of H-pyrrole nitrogens is 1. The highest BCUT2D eigenvalue weighted by Gasteiger charge is 1.92. The predicted octanol–water partition coefficient (Wildman–Crippen LogP) is 1.50. The zero-order valence-corrected chi connectivity index (χ0v) is 7.34. The van der Waals surface area contributed by atoms with Gasteiger partial charge in [-0.25, -0.2) is 9.78 Å². The number of hydrogen-bond acceptors (Lipinski definition) is 2. The first-order valence-electron chi connectivity index (χ1n) is 4.37. The topological polar surface area (TPSA) is 45.8 Å². The van der Waals surface area contributed by atoms with Gasteiger partial charge in [-0.3, -0.25) is 0 Å². The van der Waals surface area contributed by atoms with Crippen molar-refractivity contribution in [3.05, 3.63) is 28.4 Å². The highest BCUT2D eigenvalue weighted by molar-refractivity contribution is 4.97. The maximum absolute atomic E-state index is 10.8. The third-order valence-corrected chi connectivity index (χ3v) is 1.78. The molecule has 0 saturated heterocycles. The molecule has 1 heterocycles. The lowest BCUT2D eigenvalue weighted by atomic mass is 10.1. The van der Waals surface area contributed by atoms with Crippen LogP contribution in [0.25, 0.3) is 0 Å². The maximum atomic E-state index is 10.8. The van der Waals surface area contributed by atoms with Crippen molar-refractivity contribution in [3.63, 3.8) is 0 Å². The molecule has 3 nitrogen and oxygen atoms in total. The minimum absolute atomic E-state index is 0.246. The van der Waals surface area contributed by atoms with Gasteiger partial charge in [0.1, 0.15) is 0 Å². The lowest BCUT2D eigenvalue weighted by Crippen LogP contribution is -2.11. The molecular weight excluding hydrogens is 152 g/mol. The molecule has 0 saturated carbocycles. The molecule has 0 aliphatic carbocycles. The molecule has 66 valence electrons. The van der Waals surface area contributed by atoms with Crippen LogP contribution in [0.3, 0.4) is 0 Å². The van der Waals surface area contributed by atoms with E-state index in [-0.39, 0.29) is 5.69 Å². The largest absolute Gasteiger partial charge is 0.345 e. The van der Waals surface area contributed by atoms with E-state index in [4.69, 9.17) is 0 Å². The van der Waals surface area contributed by atoms with Crippen molar-refractivity contribution in [3.8, 4) is 0 Å². The number of nitrogens with zero attached hydrogens (tertiary/aromatic N) is 1. The van der Waals surface area contributed by atoms with Gasteiger partial charge in [0.15, 0.2) is 0 Å². The summed E-state index contributed by atoms with van der Waals surface area (Å²) in [5, 5.41) is 0. The first-order valence-corrected chi connectivity index (χ1v) is 4.37. The Labute approximate surface area is 71.9 Å². The van der Waals surface area contributed by atoms with Crippen LogP contribution in [0.1, 0.15) is 31.9 Å². The second-order valence-corrected chi connectivity index (χ2v) is 2.86. The molecule has 1 rings (SSSR count). The summed E-state index contributed by atoms with van der Waals surface area (Å²) in [6, 6.07) is 1.86. The van der Waals surface area contributed by atoms with E-state index < -0.39 is 0 Å². The monoisotopic (exact) mass is 166 g/mol. The lowest BCUT2D eigenvalue weighted by Gasteiger charge is -1.98. The van der Waals surface area contributed by atoms with E-state index >= 15 is 0 Å². The Balaban J connectivity index is 2.47. The molecule has 0 fully saturated rings. The second kappa shape index (κ2) is 4.70. The molecule has 1 aromatic rings. The van der Waals surface area contributed by atoms with E-state index in [1.54, 1.807) is 6.20 Å². The molecule has 0 unspecified atom stereocenters. The van der Waals surface area contributed by atoms with Crippen molar-refractivity contribution in [2.24, 2.45) is 0 Å². The first-order chi connectivity index (χ1) is 5.83. The predicted molar refractivity (Wildman–Crippen MR) is 48.1 cm³/mol. The number of rotatable bonds is 4. The van der Waals surface area contributed by atoms with Gasteiger partial charge >= 0.3 is 5.69 Å². The highest BCUT2D eigenvalue weighted by atomic mass is 16.1. The van der Waals surface area contributed by atoms with Crippen molar-refractivity contribution >= 4 is 0 Å². The molecule has 1 aromatic heterocycles. The zero-order chi connectivity index (χ0) is 8.81. The van der Waals surface area contributed by atoms with E-state index in [0.717, 1.165) is 18.5 Å². The minimum atomic E-state index is -0.246. The molecule has 12 heavy (non-hydrogen) atoms. The highest BCUT2D eigenvalue weighted by Crippen LogP contribution is 2.00. The van der Waals surface area contributed by atoms with Crippen LogP contribution in [0.5, 0.6) is 0 Å². The number of nitrogens with one attached hydrogen (secondary N) is 1. The van der Waals surface area contributed by atoms with Gasteiger partial charge in [0.05, 0.1) is 0 Å². The number of aryl methyl sites for hydroxylation is 1. The van der Waals surface area contributed by atoms with Gasteiger partial charge in [-0.15, -0.1) is 0 Å². The van der Waals surface area contributed by atoms with E-state index in [9.17, 15) is 4.79 Å². The first kappa shape index (κ1) is 8.97. The molecule has 1 N–H and O–H groups in total. The summed E-state index contributed by atoms with van der Waals surface area (Å²) in [6.45, 7) is 2.16. The van der Waals surface area contributed by atoms with Crippen molar-refractivity contribution in [1.82, 2.24) is 9.97 Å². The van der Waals surface area contributed by atoms with Crippen LogP contribution in [0.4, 0.5) is 0 Å². The fourth-order valence-corrected chi connectivity index (χ4v) is 1.12. The molecule has 0 aliphatic heterocycles. The summed E-state index contributed by atoms with van der Waals surface area (Å²) < 4.78 is 0. The Morgan fingerprint density at radius 1 is 1.50 bits per heavy atom. The van der Waals surface area contributed by atoms with Crippen molar-refractivity contribution in [2.45, 2.75) is 32.6 Å². The van der Waals surface area contributed by atoms with Crippen molar-refractivity contribution in [2.75, 3.05) is 0 Å². The van der Waals surface area contributed by atoms with E-state index in [1.165, 1.54) is 12.8 Å². The third kappa shape index (κ3) is 2.86. The summed E-state index contributed by atoms with van der Waals surface area (Å²) in [6.07, 6.45) is 6.06. The molecule has 0 radical (unpaired) electrons. The average Bonchev–Trinajstić information content (AvgIpc) is 2.05. The van der Waals surface area contributed by atoms with Crippen LogP contribution in [-0.4, -0.2) is 9.97 Å². The molecule has 0 aliphatic rings. The van der Waals surface area contributed by atoms with Crippen LogP contribution in [-0.2, 0) is 6.42 Å². The van der Waals surface area contributed by atoms with E-state index in [2.05, 4.69) is 16.9 Å². The smallest absolute Gasteiger partial charge is 0.310 e. The Hall–Kier alpha value is -1.12. The average molecular weight is 166 g/mol. The zero-order valence-electron chi connectivity index (χ0n) is 7.34. The van der Waals surface area contributed by atoms with Gasteiger partial charge in [0.25, 0.3) is 0 Å². The van der Waals surface area contributed by atoms with Gasteiger partial charge in [0.2, 0.25) is 0 Å². The molecule has 3 heteroatoms. The standard InChI is InChI=1S/C9H14N2O/c1-2-3-4-5-8-6-7-10-9(12)11-8/h6-7H,2-5H2,1H3,(H,10,11,12). The molecule has 0 atom stereocenters. The second-order valence-electron chi connectivity index (χ2n) is 2.86. The fraction of sp³-hybridized carbons (Fsp3) is 0.556. The summed E-state index contributed by atoms with van der Waals surface area (Å²) in [7, 11) is 0. The summed E-state index contributed by atoms with van der Waals surface area (Å²) >= 11 is 0. The van der Waals surface area contributed by atoms with Crippen LogP contribution < -0.4 is 5.69 Å². The van der Waals surface area contributed by atoms with E-state index in [0.29, 0.717) is 0 Å². The van der Waals surface area contributed by atoms with Gasteiger partial charge < -0.3 is 4.98 Å². The molecule has 0 bridgehead atoms. The summed E-state index contributed by atoms with van der Waals surface area (Å²) in [5.74, 6) is 0. The van der Waals surface area contributed by atoms with E-state index in [1.807, 2.05) is 6.07 Å². The Morgan fingerprint density at radius 3 is 3.00 bits per heavy atom. The van der Waals surface area contributed by atoms with Crippen molar-refractivity contribution in [1.29, 1.82) is 0 Å². The van der Waals surface area contributed by atoms with Gasteiger partial charge in [0, 0.05) is 11.9 Å². The van der Waals surface area contributed by atoms with Gasteiger partial charge in [-0.05, 0) is 18.9 Å². The summed E-state index contributed by atoms with van der Waals surface area (Å²) in [4.78, 5) is 17.0. The van der Waals surface area contributed by atoms with Gasteiger partial charge in [-0.1, -0.05) is 19.8 Å². The number of unbranched alkanes of at least 4 members (excludes halogenated alkanes) is 2. The SMILES string of the molecule is CCCCCc1ccnc(=O)[nH]1. The minimum Gasteiger partial charge on any atom is -0.310 e. The third-order valence-electron chi connectivity index (χ3n) is 1.78. The quantitative estimate of drug-likeness (QED) is 0.689. The van der Waals surface area contributed by atoms with Crippen LogP contribution in [0, 0.1) is 0 Å². The number of aromatic nitrogens is 2. The number of aromatic amines is 1. The molecular formula is C9H14N2O. The molecule has 0 amide bonds. The Kier molecular flexibility index (Phi) is 3.51. The normalized spacial score (nSPS) is 10.1. The summed E-state index contributed by atoms with van der Waals surface area (Å²) in [5.41, 5.74) is 0.743. The number of hydrogen-bond donors (Lipinski definition) is 1. The molecule has 0 aromatic carbocycles.